The Morgan fingerprint density at radius 1 is 1.44 bits per heavy atom. The Labute approximate surface area is 102 Å². The largest absolute Gasteiger partial charge is 0.435 e. The van der Waals surface area contributed by atoms with Gasteiger partial charge in [0.1, 0.15) is 6.54 Å². The summed E-state index contributed by atoms with van der Waals surface area (Å²) in [5.41, 5.74) is 0.530. The molecule has 0 fully saturated rings. The molecule has 0 saturated heterocycles. The van der Waals surface area contributed by atoms with Crippen LogP contribution in [-0.2, 0) is 22.4 Å². The molecule has 0 aromatic carbocycles. The second-order valence-electron chi connectivity index (χ2n) is 4.64. The van der Waals surface area contributed by atoms with Crippen LogP contribution >= 0.6 is 0 Å². The lowest BCUT2D eigenvalue weighted by molar-refractivity contribution is -0.147. The van der Waals surface area contributed by atoms with Crippen molar-refractivity contribution in [1.82, 2.24) is 15.3 Å². The van der Waals surface area contributed by atoms with Crippen molar-refractivity contribution in [3.8, 4) is 0 Å². The first-order valence-electron chi connectivity index (χ1n) is 5.15. The Kier molecular flexibility index (Phi) is 4.00. The van der Waals surface area contributed by atoms with Crippen LogP contribution < -0.4 is 5.48 Å². The first-order chi connectivity index (χ1) is 8.08. The van der Waals surface area contributed by atoms with Gasteiger partial charge in [-0.15, -0.1) is 0 Å². The molecule has 0 bridgehead atoms. The molecule has 1 N–H and O–H groups in total. The molecule has 0 radical (unpaired) electrons. The third-order valence-electron chi connectivity index (χ3n) is 1.71. The first kappa shape index (κ1) is 14.5. The minimum Gasteiger partial charge on any atom is -0.271 e. The van der Waals surface area contributed by atoms with E-state index in [-0.39, 0.29) is 6.54 Å². The van der Waals surface area contributed by atoms with Gasteiger partial charge in [-0.3, -0.25) is 14.3 Å². The predicted molar refractivity (Wildman–Crippen MR) is 56.2 cm³/mol. The van der Waals surface area contributed by atoms with Crippen LogP contribution in [0.5, 0.6) is 0 Å². The van der Waals surface area contributed by atoms with Crippen molar-refractivity contribution in [2.75, 3.05) is 0 Å². The molecule has 1 aromatic rings. The van der Waals surface area contributed by atoms with Gasteiger partial charge in [-0.05, 0) is 26.8 Å². The maximum Gasteiger partial charge on any atom is 0.435 e. The summed E-state index contributed by atoms with van der Waals surface area (Å²) in [4.78, 5) is 16.3. The Morgan fingerprint density at radius 2 is 2.06 bits per heavy atom. The Balaban J connectivity index is 2.53. The highest BCUT2D eigenvalue weighted by molar-refractivity contribution is 5.74. The summed E-state index contributed by atoms with van der Waals surface area (Å²) in [5.74, 6) is -0.582. The van der Waals surface area contributed by atoms with Gasteiger partial charge >= 0.3 is 6.18 Å². The smallest absolute Gasteiger partial charge is 0.271 e. The molecule has 1 amide bonds. The van der Waals surface area contributed by atoms with Gasteiger partial charge in [-0.1, -0.05) is 0 Å². The number of halogens is 3. The van der Waals surface area contributed by atoms with Crippen molar-refractivity contribution in [3.63, 3.8) is 0 Å². The van der Waals surface area contributed by atoms with Crippen LogP contribution in [-0.4, -0.2) is 21.3 Å². The fraction of sp³-hybridized carbons (Fsp3) is 0.600. The number of hydroxylamine groups is 1. The van der Waals surface area contributed by atoms with Gasteiger partial charge in [0.05, 0.1) is 5.60 Å². The average Bonchev–Trinajstić information content (AvgIpc) is 2.61. The second kappa shape index (κ2) is 4.97. The monoisotopic (exact) mass is 265 g/mol. The highest BCUT2D eigenvalue weighted by Crippen LogP contribution is 2.27. The molecule has 0 atom stereocenters. The summed E-state index contributed by atoms with van der Waals surface area (Å²) in [6.45, 7) is 4.83. The Morgan fingerprint density at radius 3 is 2.50 bits per heavy atom. The molecule has 18 heavy (non-hydrogen) atoms. The fourth-order valence-corrected chi connectivity index (χ4v) is 0.990. The predicted octanol–water partition coefficient (Wildman–Crippen LogP) is 1.75. The molecule has 0 aliphatic carbocycles. The van der Waals surface area contributed by atoms with Crippen molar-refractivity contribution in [3.05, 3.63) is 18.0 Å². The Hall–Kier alpha value is -1.57. The third kappa shape index (κ3) is 4.74. The van der Waals surface area contributed by atoms with Crippen LogP contribution in [0.3, 0.4) is 0 Å². The van der Waals surface area contributed by atoms with E-state index in [0.717, 1.165) is 16.9 Å². The van der Waals surface area contributed by atoms with Crippen LogP contribution in [0.4, 0.5) is 13.2 Å². The van der Waals surface area contributed by atoms with Gasteiger partial charge < -0.3 is 0 Å². The number of carbonyl (C=O) groups excluding carboxylic acids is 1. The standard InChI is InChI=1S/C10H14F3N3O2/c1-9(2,3)18-15-8(17)6-16-5-4-7(14-16)10(11,12)13/h4-5H,6H2,1-3H3,(H,15,17). The van der Waals surface area contributed by atoms with E-state index in [0.29, 0.717) is 0 Å². The summed E-state index contributed by atoms with van der Waals surface area (Å²) in [7, 11) is 0. The second-order valence-corrected chi connectivity index (χ2v) is 4.64. The van der Waals surface area contributed by atoms with Gasteiger partial charge in [-0.2, -0.15) is 18.3 Å². The van der Waals surface area contributed by atoms with E-state index >= 15 is 0 Å². The summed E-state index contributed by atoms with van der Waals surface area (Å²) in [6, 6.07) is 0.803. The molecular weight excluding hydrogens is 251 g/mol. The van der Waals surface area contributed by atoms with E-state index in [4.69, 9.17) is 4.84 Å². The van der Waals surface area contributed by atoms with E-state index in [2.05, 4.69) is 10.6 Å². The average molecular weight is 265 g/mol. The van der Waals surface area contributed by atoms with Gasteiger partial charge in [0.2, 0.25) is 0 Å². The number of aromatic nitrogens is 2. The summed E-state index contributed by atoms with van der Waals surface area (Å²) in [6.07, 6.45) is -3.43. The van der Waals surface area contributed by atoms with Crippen molar-refractivity contribution in [1.29, 1.82) is 0 Å². The van der Waals surface area contributed by atoms with Crippen LogP contribution in [0.2, 0.25) is 0 Å². The van der Waals surface area contributed by atoms with Crippen LogP contribution in [0, 0.1) is 0 Å². The normalized spacial score (nSPS) is 12.6. The number of hydrogen-bond donors (Lipinski definition) is 1. The lowest BCUT2D eigenvalue weighted by Gasteiger charge is -2.18. The molecule has 8 heteroatoms. The molecule has 102 valence electrons. The van der Waals surface area contributed by atoms with E-state index < -0.39 is 23.4 Å². The highest BCUT2D eigenvalue weighted by atomic mass is 19.4. The zero-order valence-electron chi connectivity index (χ0n) is 10.2. The van der Waals surface area contributed by atoms with E-state index in [1.165, 1.54) is 0 Å². The molecule has 0 aliphatic rings. The number of alkyl halides is 3. The maximum atomic E-state index is 12.2. The number of carbonyl (C=O) groups is 1. The first-order valence-corrected chi connectivity index (χ1v) is 5.15. The topological polar surface area (TPSA) is 56.1 Å². The highest BCUT2D eigenvalue weighted by Gasteiger charge is 2.33. The quantitative estimate of drug-likeness (QED) is 0.847. The molecule has 0 spiro atoms. The van der Waals surface area contributed by atoms with Gasteiger partial charge in [0.15, 0.2) is 5.69 Å². The minimum absolute atomic E-state index is 0.341. The number of nitrogens with zero attached hydrogens (tertiary/aromatic N) is 2. The molecule has 5 nitrogen and oxygen atoms in total. The number of hydrogen-bond acceptors (Lipinski definition) is 3. The summed E-state index contributed by atoms with van der Waals surface area (Å²) < 4.78 is 37.6. The third-order valence-corrected chi connectivity index (χ3v) is 1.71. The van der Waals surface area contributed by atoms with E-state index in [1.54, 1.807) is 20.8 Å². The lowest BCUT2D eigenvalue weighted by Crippen LogP contribution is -2.35. The van der Waals surface area contributed by atoms with Crippen molar-refractivity contribution in [2.24, 2.45) is 0 Å². The van der Waals surface area contributed by atoms with Gasteiger partial charge in [0.25, 0.3) is 5.91 Å². The zero-order valence-corrected chi connectivity index (χ0v) is 10.2. The molecule has 0 unspecified atom stereocenters. The molecular formula is C10H14F3N3O2. The van der Waals surface area contributed by atoms with Crippen LogP contribution in [0.15, 0.2) is 12.3 Å². The minimum atomic E-state index is -4.51. The number of amides is 1. The van der Waals surface area contributed by atoms with Gasteiger partial charge in [0, 0.05) is 6.20 Å². The van der Waals surface area contributed by atoms with Crippen LogP contribution in [0.1, 0.15) is 26.5 Å². The summed E-state index contributed by atoms with van der Waals surface area (Å²) >= 11 is 0. The van der Waals surface area contributed by atoms with Crippen molar-refractivity contribution in [2.45, 2.75) is 39.1 Å². The maximum absolute atomic E-state index is 12.2. The van der Waals surface area contributed by atoms with Gasteiger partial charge in [-0.25, -0.2) is 5.48 Å². The van der Waals surface area contributed by atoms with Crippen molar-refractivity contribution < 1.29 is 22.8 Å². The number of nitrogens with one attached hydrogen (secondary N) is 1. The van der Waals surface area contributed by atoms with Crippen molar-refractivity contribution >= 4 is 5.91 Å². The Bertz CT molecular complexity index is 421. The molecule has 1 aromatic heterocycles. The molecule has 1 heterocycles. The van der Waals surface area contributed by atoms with E-state index in [9.17, 15) is 18.0 Å². The van der Waals surface area contributed by atoms with E-state index in [1.807, 2.05) is 0 Å². The number of rotatable bonds is 3. The molecule has 1 rings (SSSR count). The fourth-order valence-electron chi connectivity index (χ4n) is 0.990. The lowest BCUT2D eigenvalue weighted by atomic mass is 10.2. The SMILES string of the molecule is CC(C)(C)ONC(=O)Cn1ccc(C(F)(F)F)n1. The van der Waals surface area contributed by atoms with Crippen LogP contribution in [0.25, 0.3) is 0 Å². The zero-order chi connectivity index (χ0) is 14.0. The molecule has 0 saturated carbocycles. The molecule has 0 aliphatic heterocycles. The summed E-state index contributed by atoms with van der Waals surface area (Å²) in [5, 5.41) is 3.24.